The minimum Gasteiger partial charge on any atom is -0.337 e. The maximum Gasteiger partial charge on any atom is 0.269 e. The maximum atomic E-state index is 13.7. The second kappa shape index (κ2) is 7.97. The van der Waals surface area contributed by atoms with Gasteiger partial charge in [0.05, 0.1) is 11.0 Å². The van der Waals surface area contributed by atoms with Crippen LogP contribution >= 0.6 is 0 Å². The maximum absolute atomic E-state index is 13.7. The van der Waals surface area contributed by atoms with Crippen molar-refractivity contribution >= 4 is 11.6 Å². The molecule has 0 fully saturated rings. The lowest BCUT2D eigenvalue weighted by Gasteiger charge is -2.13. The first-order valence-electron chi connectivity index (χ1n) is 7.28. The van der Waals surface area contributed by atoms with E-state index in [2.05, 4.69) is 5.32 Å². The third-order valence-electron chi connectivity index (χ3n) is 3.47. The van der Waals surface area contributed by atoms with E-state index >= 15 is 0 Å². The number of carbonyl (C=O) groups excluding carboxylic acids is 1. The van der Waals surface area contributed by atoms with Gasteiger partial charge >= 0.3 is 0 Å². The standard InChI is InChI=1S/C17H13F2N3O3/c18-12-5-6-14(15(19)9-12)16(10-20)21-17(23)7-4-11-2-1-3-13(8-11)22(24)25/h1-3,5-6,8-9,16H,4,7H2,(H,21,23)/t16-/m1/s1. The summed E-state index contributed by atoms with van der Waals surface area (Å²) >= 11 is 0. The number of nitriles is 1. The van der Waals surface area contributed by atoms with E-state index in [9.17, 15) is 23.7 Å². The zero-order valence-electron chi connectivity index (χ0n) is 12.9. The van der Waals surface area contributed by atoms with Crippen molar-refractivity contribution in [2.24, 2.45) is 0 Å². The van der Waals surface area contributed by atoms with Gasteiger partial charge < -0.3 is 5.32 Å². The number of hydrogen-bond donors (Lipinski definition) is 1. The van der Waals surface area contributed by atoms with Crippen molar-refractivity contribution in [1.29, 1.82) is 5.26 Å². The van der Waals surface area contributed by atoms with Crippen LogP contribution in [0.4, 0.5) is 14.5 Å². The minimum atomic E-state index is -1.25. The first kappa shape index (κ1) is 18.0. The lowest BCUT2D eigenvalue weighted by molar-refractivity contribution is -0.384. The van der Waals surface area contributed by atoms with Crippen LogP contribution in [0.15, 0.2) is 42.5 Å². The molecule has 8 heteroatoms. The second-order valence-electron chi connectivity index (χ2n) is 5.22. The first-order valence-corrected chi connectivity index (χ1v) is 7.28. The zero-order valence-corrected chi connectivity index (χ0v) is 12.9. The number of nitro benzene ring substituents is 1. The Balaban J connectivity index is 2.00. The molecule has 0 bridgehead atoms. The normalized spacial score (nSPS) is 11.4. The van der Waals surface area contributed by atoms with Crippen LogP contribution < -0.4 is 5.32 Å². The van der Waals surface area contributed by atoms with Gasteiger partial charge in [-0.1, -0.05) is 18.2 Å². The quantitative estimate of drug-likeness (QED) is 0.642. The highest BCUT2D eigenvalue weighted by atomic mass is 19.1. The van der Waals surface area contributed by atoms with Crippen LogP contribution in [0.2, 0.25) is 0 Å². The summed E-state index contributed by atoms with van der Waals surface area (Å²) < 4.78 is 26.6. The van der Waals surface area contributed by atoms with Crippen molar-refractivity contribution in [3.8, 4) is 6.07 Å². The monoisotopic (exact) mass is 345 g/mol. The highest BCUT2D eigenvalue weighted by Crippen LogP contribution is 2.18. The van der Waals surface area contributed by atoms with Crippen molar-refractivity contribution in [3.63, 3.8) is 0 Å². The number of nitrogens with one attached hydrogen (secondary N) is 1. The van der Waals surface area contributed by atoms with Crippen molar-refractivity contribution in [3.05, 3.63) is 75.3 Å². The van der Waals surface area contributed by atoms with Gasteiger partial charge in [0.25, 0.3) is 5.69 Å². The molecule has 0 saturated heterocycles. The largest absolute Gasteiger partial charge is 0.337 e. The van der Waals surface area contributed by atoms with Gasteiger partial charge in [0, 0.05) is 30.2 Å². The molecule has 0 aliphatic heterocycles. The van der Waals surface area contributed by atoms with Crippen molar-refractivity contribution < 1.29 is 18.5 Å². The van der Waals surface area contributed by atoms with Gasteiger partial charge in [0.15, 0.2) is 0 Å². The molecular formula is C17H13F2N3O3. The van der Waals surface area contributed by atoms with Crippen molar-refractivity contribution in [1.82, 2.24) is 5.32 Å². The SMILES string of the molecule is N#C[C@@H](NC(=O)CCc1cccc([N+](=O)[O-])c1)c1ccc(F)cc1F. The van der Waals surface area contributed by atoms with E-state index in [4.69, 9.17) is 5.26 Å². The third kappa shape index (κ3) is 4.81. The molecule has 0 heterocycles. The van der Waals surface area contributed by atoms with E-state index in [0.717, 1.165) is 12.1 Å². The highest BCUT2D eigenvalue weighted by Gasteiger charge is 2.18. The number of aryl methyl sites for hydroxylation is 1. The number of non-ortho nitro benzene ring substituents is 1. The van der Waals surface area contributed by atoms with E-state index in [1.165, 1.54) is 18.2 Å². The fourth-order valence-electron chi connectivity index (χ4n) is 2.23. The smallest absolute Gasteiger partial charge is 0.269 e. The number of amides is 1. The Labute approximate surface area is 141 Å². The molecule has 0 unspecified atom stereocenters. The molecular weight excluding hydrogens is 332 g/mol. The summed E-state index contributed by atoms with van der Waals surface area (Å²) in [4.78, 5) is 22.1. The molecule has 6 nitrogen and oxygen atoms in total. The number of carbonyl (C=O) groups is 1. The Bertz CT molecular complexity index is 849. The molecule has 0 saturated carbocycles. The van der Waals surface area contributed by atoms with E-state index in [1.54, 1.807) is 12.1 Å². The Morgan fingerprint density at radius 2 is 2.04 bits per heavy atom. The predicted molar refractivity (Wildman–Crippen MR) is 84.3 cm³/mol. The molecule has 128 valence electrons. The molecule has 1 atom stereocenters. The molecule has 25 heavy (non-hydrogen) atoms. The average Bonchev–Trinajstić information content (AvgIpc) is 2.58. The predicted octanol–water partition coefficient (Wildman–Crippen LogP) is 3.19. The van der Waals surface area contributed by atoms with E-state index < -0.39 is 28.5 Å². The summed E-state index contributed by atoms with van der Waals surface area (Å²) in [5.41, 5.74) is 0.375. The average molecular weight is 345 g/mol. The molecule has 0 aromatic heterocycles. The number of nitro groups is 1. The van der Waals surface area contributed by atoms with Crippen LogP contribution in [0.5, 0.6) is 0 Å². The van der Waals surface area contributed by atoms with Crippen LogP contribution in [0.1, 0.15) is 23.6 Å². The van der Waals surface area contributed by atoms with Gasteiger partial charge in [0.1, 0.15) is 17.7 Å². The highest BCUT2D eigenvalue weighted by molar-refractivity contribution is 5.77. The van der Waals surface area contributed by atoms with E-state index in [1.807, 2.05) is 0 Å². The molecule has 2 rings (SSSR count). The van der Waals surface area contributed by atoms with Crippen LogP contribution in [-0.2, 0) is 11.2 Å². The van der Waals surface area contributed by atoms with Crippen molar-refractivity contribution in [2.45, 2.75) is 18.9 Å². The van der Waals surface area contributed by atoms with Gasteiger partial charge in [-0.15, -0.1) is 0 Å². The topological polar surface area (TPSA) is 96.0 Å². The van der Waals surface area contributed by atoms with Gasteiger partial charge in [-0.3, -0.25) is 14.9 Å². The molecule has 0 spiro atoms. The van der Waals surface area contributed by atoms with E-state index in [-0.39, 0.29) is 24.1 Å². The fourth-order valence-corrected chi connectivity index (χ4v) is 2.23. The molecule has 0 aliphatic rings. The number of halogens is 2. The van der Waals surface area contributed by atoms with Crippen LogP contribution in [0.3, 0.4) is 0 Å². The number of benzene rings is 2. The molecule has 2 aromatic carbocycles. The fraction of sp³-hybridized carbons (Fsp3) is 0.176. The molecule has 2 aromatic rings. The third-order valence-corrected chi connectivity index (χ3v) is 3.47. The molecule has 1 amide bonds. The Hall–Kier alpha value is -3.34. The van der Waals surface area contributed by atoms with Gasteiger partial charge in [0.2, 0.25) is 5.91 Å². The molecule has 0 radical (unpaired) electrons. The summed E-state index contributed by atoms with van der Waals surface area (Å²) in [5, 5.41) is 22.2. The summed E-state index contributed by atoms with van der Waals surface area (Å²) in [7, 11) is 0. The second-order valence-corrected chi connectivity index (χ2v) is 5.22. The Kier molecular flexibility index (Phi) is 5.74. The molecule has 0 aliphatic carbocycles. The van der Waals surface area contributed by atoms with Gasteiger partial charge in [-0.2, -0.15) is 5.26 Å². The summed E-state index contributed by atoms with van der Waals surface area (Å²) in [6.45, 7) is 0. The first-order chi connectivity index (χ1) is 11.9. The van der Waals surface area contributed by atoms with Gasteiger partial charge in [-0.25, -0.2) is 8.78 Å². The number of hydrogen-bond acceptors (Lipinski definition) is 4. The van der Waals surface area contributed by atoms with E-state index in [0.29, 0.717) is 11.6 Å². The van der Waals surface area contributed by atoms with Crippen molar-refractivity contribution in [2.75, 3.05) is 0 Å². The van der Waals surface area contributed by atoms with Crippen LogP contribution in [0, 0.1) is 33.1 Å². The summed E-state index contributed by atoms with van der Waals surface area (Å²) in [6, 6.07) is 9.07. The zero-order chi connectivity index (χ0) is 18.4. The van der Waals surface area contributed by atoms with Crippen LogP contribution in [-0.4, -0.2) is 10.8 Å². The van der Waals surface area contributed by atoms with Gasteiger partial charge in [-0.05, 0) is 18.1 Å². The lowest BCUT2D eigenvalue weighted by Crippen LogP contribution is -2.28. The Morgan fingerprint density at radius 1 is 1.28 bits per heavy atom. The number of nitrogens with zero attached hydrogens (tertiary/aromatic N) is 2. The Morgan fingerprint density at radius 3 is 2.68 bits per heavy atom. The summed E-state index contributed by atoms with van der Waals surface area (Å²) in [5.74, 6) is -2.23. The minimum absolute atomic E-state index is 0.0395. The lowest BCUT2D eigenvalue weighted by atomic mass is 10.1. The number of rotatable bonds is 6. The van der Waals surface area contributed by atoms with Crippen LogP contribution in [0.25, 0.3) is 0 Å². The summed E-state index contributed by atoms with van der Waals surface area (Å²) in [6.07, 6.45) is 0.180. The molecule has 1 N–H and O–H groups in total.